The Hall–Kier alpha value is -3.76. The number of hydrogen-bond donors (Lipinski definition) is 1. The first-order valence-electron chi connectivity index (χ1n) is 8.07. The lowest BCUT2D eigenvalue weighted by Crippen LogP contribution is -2.15. The van der Waals surface area contributed by atoms with Crippen molar-refractivity contribution < 1.29 is 27.3 Å². The molecule has 3 aromatic rings. The predicted molar refractivity (Wildman–Crippen MR) is 93.8 cm³/mol. The molecule has 0 unspecified atom stereocenters. The van der Waals surface area contributed by atoms with Gasteiger partial charge in [-0.05, 0) is 35.9 Å². The lowest BCUT2D eigenvalue weighted by Gasteiger charge is -2.11. The van der Waals surface area contributed by atoms with Crippen molar-refractivity contribution in [1.29, 1.82) is 0 Å². The summed E-state index contributed by atoms with van der Waals surface area (Å²) >= 11 is 0. The topological polar surface area (TPSA) is 90.1 Å². The van der Waals surface area contributed by atoms with Crippen LogP contribution in [0.4, 0.5) is 28.9 Å². The minimum atomic E-state index is -4.68. The molecule has 0 radical (unpaired) electrons. The third-order valence-electron chi connectivity index (χ3n) is 3.91. The van der Waals surface area contributed by atoms with Crippen LogP contribution in [-0.4, -0.2) is 20.6 Å². The van der Waals surface area contributed by atoms with Gasteiger partial charge in [0.15, 0.2) is 0 Å². The zero-order valence-corrected chi connectivity index (χ0v) is 14.5. The van der Waals surface area contributed by atoms with E-state index in [0.29, 0.717) is 23.8 Å². The van der Waals surface area contributed by atoms with Crippen LogP contribution in [-0.2, 0) is 12.7 Å². The molecule has 7 nitrogen and oxygen atoms in total. The minimum Gasteiger partial charge on any atom is -0.319 e. The second-order valence-corrected chi connectivity index (χ2v) is 6.00. The lowest BCUT2D eigenvalue weighted by atomic mass is 10.1. The number of benzene rings is 2. The average molecular weight is 408 g/mol. The first kappa shape index (κ1) is 20.0. The van der Waals surface area contributed by atoms with E-state index in [1.807, 2.05) is 0 Å². The van der Waals surface area contributed by atoms with Gasteiger partial charge in [-0.3, -0.25) is 19.6 Å². The van der Waals surface area contributed by atoms with Crippen molar-refractivity contribution in [2.45, 2.75) is 12.7 Å². The number of halogens is 4. The normalized spacial score (nSPS) is 11.3. The number of carbonyl (C=O) groups excluding carboxylic acids is 1. The number of nitrogens with zero attached hydrogens (tertiary/aromatic N) is 3. The maximum Gasteiger partial charge on any atom is 0.416 e. The van der Waals surface area contributed by atoms with Gasteiger partial charge < -0.3 is 5.32 Å². The second-order valence-electron chi connectivity index (χ2n) is 6.00. The number of rotatable bonds is 5. The summed E-state index contributed by atoms with van der Waals surface area (Å²) in [5.41, 5.74) is -1.26. The monoisotopic (exact) mass is 408 g/mol. The Labute approximate surface area is 160 Å². The van der Waals surface area contributed by atoms with E-state index in [0.717, 1.165) is 6.20 Å². The Bertz CT molecular complexity index is 1080. The number of anilines is 1. The molecule has 0 saturated heterocycles. The zero-order chi connectivity index (χ0) is 21.2. The van der Waals surface area contributed by atoms with Crippen LogP contribution in [0.15, 0.2) is 54.9 Å². The van der Waals surface area contributed by atoms with Crippen molar-refractivity contribution in [1.82, 2.24) is 9.78 Å². The van der Waals surface area contributed by atoms with Crippen LogP contribution in [0, 0.1) is 15.9 Å². The van der Waals surface area contributed by atoms with Gasteiger partial charge in [0.2, 0.25) is 0 Å². The first-order valence-corrected chi connectivity index (χ1v) is 8.07. The highest BCUT2D eigenvalue weighted by molar-refractivity contribution is 6.04. The number of aromatic nitrogens is 2. The zero-order valence-electron chi connectivity index (χ0n) is 14.5. The van der Waals surface area contributed by atoms with Crippen LogP contribution >= 0.6 is 0 Å². The molecule has 1 heterocycles. The summed E-state index contributed by atoms with van der Waals surface area (Å²) in [4.78, 5) is 22.4. The average Bonchev–Trinajstić information content (AvgIpc) is 3.11. The Kier molecular flexibility index (Phi) is 5.31. The van der Waals surface area contributed by atoms with Crippen LogP contribution in [0.25, 0.3) is 0 Å². The van der Waals surface area contributed by atoms with E-state index >= 15 is 0 Å². The number of nitro groups is 1. The maximum atomic E-state index is 13.8. The van der Waals surface area contributed by atoms with Crippen molar-refractivity contribution in [3.8, 4) is 0 Å². The Morgan fingerprint density at radius 1 is 1.21 bits per heavy atom. The molecule has 0 fully saturated rings. The SMILES string of the molecule is O=C(Nc1cc(C(F)(F)F)ccc1F)c1cccc(Cn2cc([N+](=O)[O-])cn2)c1. The number of carbonyl (C=O) groups is 1. The van der Waals surface area contributed by atoms with Gasteiger partial charge in [-0.1, -0.05) is 12.1 Å². The van der Waals surface area contributed by atoms with Gasteiger partial charge in [-0.15, -0.1) is 0 Å². The molecule has 1 amide bonds. The highest BCUT2D eigenvalue weighted by Crippen LogP contribution is 2.32. The van der Waals surface area contributed by atoms with Gasteiger partial charge in [0.25, 0.3) is 5.91 Å². The molecule has 0 spiro atoms. The number of hydrogen-bond acceptors (Lipinski definition) is 4. The summed E-state index contributed by atoms with van der Waals surface area (Å²) in [6.45, 7) is 0.118. The van der Waals surface area contributed by atoms with Crippen molar-refractivity contribution in [2.75, 3.05) is 5.32 Å². The van der Waals surface area contributed by atoms with E-state index in [2.05, 4.69) is 10.4 Å². The van der Waals surface area contributed by atoms with Gasteiger partial charge in [-0.25, -0.2) is 4.39 Å². The molecular formula is C18H12F4N4O3. The summed E-state index contributed by atoms with van der Waals surface area (Å²) in [7, 11) is 0. The van der Waals surface area contributed by atoms with Crippen LogP contribution < -0.4 is 5.32 Å². The predicted octanol–water partition coefficient (Wildman–Crippen LogP) is 4.25. The van der Waals surface area contributed by atoms with Gasteiger partial charge in [0.1, 0.15) is 18.2 Å². The number of nitrogens with one attached hydrogen (secondary N) is 1. The Morgan fingerprint density at radius 2 is 1.97 bits per heavy atom. The van der Waals surface area contributed by atoms with Gasteiger partial charge in [0, 0.05) is 5.56 Å². The quantitative estimate of drug-likeness (QED) is 0.388. The molecule has 1 N–H and O–H groups in total. The van der Waals surface area contributed by atoms with E-state index in [4.69, 9.17) is 0 Å². The molecule has 0 aliphatic heterocycles. The molecule has 1 aromatic heterocycles. The lowest BCUT2D eigenvalue weighted by molar-refractivity contribution is -0.385. The summed E-state index contributed by atoms with van der Waals surface area (Å²) < 4.78 is 53.5. The largest absolute Gasteiger partial charge is 0.416 e. The van der Waals surface area contributed by atoms with Crippen molar-refractivity contribution >= 4 is 17.3 Å². The van der Waals surface area contributed by atoms with E-state index < -0.39 is 34.1 Å². The standard InChI is InChI=1S/C18H12F4N4O3/c19-15-5-4-13(18(20,21)22)7-16(15)24-17(27)12-3-1-2-11(6-12)9-25-10-14(8-23-25)26(28)29/h1-8,10H,9H2,(H,24,27). The molecule has 11 heteroatoms. The summed E-state index contributed by atoms with van der Waals surface area (Å²) in [5.74, 6) is -1.82. The fraction of sp³-hybridized carbons (Fsp3) is 0.111. The summed E-state index contributed by atoms with van der Waals surface area (Å²) in [6, 6.07) is 7.69. The van der Waals surface area contributed by atoms with E-state index in [-0.39, 0.29) is 17.8 Å². The molecule has 0 aliphatic carbocycles. The molecule has 150 valence electrons. The molecule has 0 bridgehead atoms. The van der Waals surface area contributed by atoms with Crippen molar-refractivity contribution in [3.05, 3.63) is 87.5 Å². The smallest absolute Gasteiger partial charge is 0.319 e. The molecular weight excluding hydrogens is 396 g/mol. The van der Waals surface area contributed by atoms with Crippen LogP contribution in [0.1, 0.15) is 21.5 Å². The van der Waals surface area contributed by atoms with Crippen molar-refractivity contribution in [3.63, 3.8) is 0 Å². The maximum absolute atomic E-state index is 13.8. The fourth-order valence-electron chi connectivity index (χ4n) is 2.52. The molecule has 29 heavy (non-hydrogen) atoms. The van der Waals surface area contributed by atoms with Crippen LogP contribution in [0.3, 0.4) is 0 Å². The van der Waals surface area contributed by atoms with Crippen molar-refractivity contribution in [2.24, 2.45) is 0 Å². The highest BCUT2D eigenvalue weighted by Gasteiger charge is 2.31. The van der Waals surface area contributed by atoms with E-state index in [9.17, 15) is 32.5 Å². The summed E-state index contributed by atoms with van der Waals surface area (Å²) in [6.07, 6.45) is -2.39. The third-order valence-corrected chi connectivity index (χ3v) is 3.91. The fourth-order valence-corrected chi connectivity index (χ4v) is 2.52. The Balaban J connectivity index is 1.78. The van der Waals surface area contributed by atoms with E-state index in [1.165, 1.54) is 29.1 Å². The third kappa shape index (κ3) is 4.75. The first-order chi connectivity index (χ1) is 13.6. The molecule has 0 saturated carbocycles. The minimum absolute atomic E-state index is 0.0703. The van der Waals surface area contributed by atoms with E-state index in [1.54, 1.807) is 6.07 Å². The molecule has 0 aliphatic rings. The number of alkyl halides is 3. The van der Waals surface area contributed by atoms with Gasteiger partial charge >= 0.3 is 11.9 Å². The Morgan fingerprint density at radius 3 is 2.62 bits per heavy atom. The molecule has 0 atom stereocenters. The summed E-state index contributed by atoms with van der Waals surface area (Å²) in [5, 5.41) is 16.7. The van der Waals surface area contributed by atoms with Gasteiger partial charge in [-0.2, -0.15) is 18.3 Å². The highest BCUT2D eigenvalue weighted by atomic mass is 19.4. The van der Waals surface area contributed by atoms with Crippen LogP contribution in [0.5, 0.6) is 0 Å². The number of amides is 1. The molecule has 3 rings (SSSR count). The van der Waals surface area contributed by atoms with Gasteiger partial charge in [0.05, 0.1) is 22.7 Å². The molecule has 2 aromatic carbocycles. The second kappa shape index (κ2) is 7.70. The van der Waals surface area contributed by atoms with Crippen LogP contribution in [0.2, 0.25) is 0 Å².